The van der Waals surface area contributed by atoms with Gasteiger partial charge in [-0.1, -0.05) is 42.5 Å². The largest absolute Gasteiger partial charge is 0.372 e. The molecule has 1 aliphatic rings. The lowest BCUT2D eigenvalue weighted by Crippen LogP contribution is -2.40. The van der Waals surface area contributed by atoms with Crippen molar-refractivity contribution >= 4 is 16.6 Å². The summed E-state index contributed by atoms with van der Waals surface area (Å²) in [5.74, 6) is 0. The van der Waals surface area contributed by atoms with Gasteiger partial charge in [-0.3, -0.25) is 13.9 Å². The van der Waals surface area contributed by atoms with Crippen LogP contribution in [-0.2, 0) is 24.4 Å². The van der Waals surface area contributed by atoms with Crippen molar-refractivity contribution in [3.05, 3.63) is 86.7 Å². The maximum absolute atomic E-state index is 13.6. The zero-order chi connectivity index (χ0) is 25.8. The lowest BCUT2D eigenvalue weighted by molar-refractivity contribution is -0.00706. The van der Waals surface area contributed by atoms with Gasteiger partial charge in [0.05, 0.1) is 34.4 Å². The number of rotatable bonds is 5. The van der Waals surface area contributed by atoms with Gasteiger partial charge in [-0.2, -0.15) is 0 Å². The first kappa shape index (κ1) is 24.1. The minimum atomic E-state index is -0.432. The zero-order valence-corrected chi connectivity index (χ0v) is 21.9. The van der Waals surface area contributed by atoms with Gasteiger partial charge in [0.1, 0.15) is 6.10 Å². The highest BCUT2D eigenvalue weighted by atomic mass is 16.5. The van der Waals surface area contributed by atoms with E-state index >= 15 is 0 Å². The van der Waals surface area contributed by atoms with Gasteiger partial charge in [0, 0.05) is 32.9 Å². The van der Waals surface area contributed by atoms with Gasteiger partial charge in [-0.25, -0.2) is 4.79 Å². The molecule has 1 unspecified atom stereocenters. The molecular weight excluding hydrogens is 452 g/mol. The zero-order valence-electron chi connectivity index (χ0n) is 21.9. The van der Waals surface area contributed by atoms with Crippen LogP contribution in [0.5, 0.6) is 0 Å². The first-order chi connectivity index (χ1) is 17.2. The van der Waals surface area contributed by atoms with Crippen LogP contribution in [0.2, 0.25) is 0 Å². The number of benzene rings is 2. The van der Waals surface area contributed by atoms with Crippen LogP contribution in [0.4, 0.5) is 5.69 Å². The summed E-state index contributed by atoms with van der Waals surface area (Å²) in [6, 6.07) is 18.4. The first-order valence-corrected chi connectivity index (χ1v) is 12.6. The van der Waals surface area contributed by atoms with E-state index in [1.807, 2.05) is 30.3 Å². The average molecular weight is 487 g/mol. The molecule has 0 bridgehead atoms. The van der Waals surface area contributed by atoms with Crippen LogP contribution >= 0.6 is 0 Å². The predicted octanol–water partition coefficient (Wildman–Crippen LogP) is 4.41. The van der Waals surface area contributed by atoms with Crippen molar-refractivity contribution in [2.75, 3.05) is 24.6 Å². The molecule has 0 saturated carbocycles. The van der Waals surface area contributed by atoms with Crippen molar-refractivity contribution in [2.45, 2.75) is 39.3 Å². The van der Waals surface area contributed by atoms with Crippen molar-refractivity contribution < 1.29 is 4.74 Å². The molecule has 0 aliphatic carbocycles. The van der Waals surface area contributed by atoms with Crippen molar-refractivity contribution in [3.8, 4) is 11.3 Å². The van der Waals surface area contributed by atoms with Gasteiger partial charge < -0.3 is 14.2 Å². The number of fused-ring (bicyclic) bond motifs is 3. The Kier molecular flexibility index (Phi) is 5.91. The van der Waals surface area contributed by atoms with Gasteiger partial charge >= 0.3 is 5.69 Å². The molecule has 0 N–H and O–H groups in total. The van der Waals surface area contributed by atoms with E-state index in [2.05, 4.69) is 61.4 Å². The molecule has 4 aromatic rings. The Morgan fingerprint density at radius 3 is 2.19 bits per heavy atom. The van der Waals surface area contributed by atoms with Crippen LogP contribution < -0.4 is 16.1 Å². The fourth-order valence-electron chi connectivity index (χ4n) is 5.57. The van der Waals surface area contributed by atoms with Crippen LogP contribution in [0.15, 0.2) is 64.2 Å². The van der Waals surface area contributed by atoms with E-state index in [1.54, 1.807) is 18.7 Å². The van der Waals surface area contributed by atoms with Gasteiger partial charge in [0.25, 0.3) is 5.56 Å². The topological polar surface area (TPSA) is 61.4 Å². The summed E-state index contributed by atoms with van der Waals surface area (Å²) in [6.45, 7) is 10.9. The molecule has 0 amide bonds. The molecule has 2 aromatic heterocycles. The van der Waals surface area contributed by atoms with Crippen LogP contribution in [-0.4, -0.2) is 33.4 Å². The van der Waals surface area contributed by atoms with Crippen molar-refractivity contribution in [2.24, 2.45) is 14.1 Å². The Morgan fingerprint density at radius 1 is 0.944 bits per heavy atom. The van der Waals surface area contributed by atoms with Crippen LogP contribution in [0.3, 0.4) is 0 Å². The summed E-state index contributed by atoms with van der Waals surface area (Å²) >= 11 is 0. The molecule has 36 heavy (non-hydrogen) atoms. The van der Waals surface area contributed by atoms with Crippen molar-refractivity contribution in [3.63, 3.8) is 0 Å². The first-order valence-electron chi connectivity index (χ1n) is 12.6. The SMILES string of the molecule is CCN(CC)c1ccc(C2OCC(C)(C)n3c(-c4ccccc4)c4c(=O)n(C)c(=O)n(C)c4c32)cc1. The fourth-order valence-corrected chi connectivity index (χ4v) is 5.57. The molecule has 2 aromatic carbocycles. The summed E-state index contributed by atoms with van der Waals surface area (Å²) < 4.78 is 11.6. The second kappa shape index (κ2) is 8.82. The van der Waals surface area contributed by atoms with Crippen LogP contribution in [0.25, 0.3) is 22.2 Å². The number of aromatic nitrogens is 3. The van der Waals surface area contributed by atoms with Crippen LogP contribution in [0.1, 0.15) is 45.1 Å². The Morgan fingerprint density at radius 2 is 1.58 bits per heavy atom. The van der Waals surface area contributed by atoms with E-state index in [1.165, 1.54) is 4.57 Å². The van der Waals surface area contributed by atoms with E-state index in [0.717, 1.165) is 41.3 Å². The quantitative estimate of drug-likeness (QED) is 0.419. The average Bonchev–Trinajstić information content (AvgIpc) is 3.26. The lowest BCUT2D eigenvalue weighted by Gasteiger charge is -2.39. The Hall–Kier alpha value is -3.58. The third-order valence-corrected chi connectivity index (χ3v) is 7.44. The molecule has 1 aliphatic heterocycles. The number of ether oxygens (including phenoxy) is 1. The molecule has 5 rings (SSSR count). The van der Waals surface area contributed by atoms with E-state index in [4.69, 9.17) is 4.74 Å². The van der Waals surface area contributed by atoms with E-state index in [9.17, 15) is 9.59 Å². The molecule has 7 heteroatoms. The third-order valence-electron chi connectivity index (χ3n) is 7.44. The normalized spacial score (nSPS) is 16.8. The standard InChI is InChI=1S/C29H34N4O3/c1-7-32(8-2)21-16-14-20(15-17-21)26-25-24-22(27(34)31(6)28(35)30(24)5)23(19-12-10-9-11-13-19)33(25)29(3,4)18-36-26/h9-17,26H,7-8,18H2,1-6H3. The molecule has 0 fully saturated rings. The minimum Gasteiger partial charge on any atom is -0.372 e. The summed E-state index contributed by atoms with van der Waals surface area (Å²) in [7, 11) is 3.28. The van der Waals surface area contributed by atoms with E-state index in [0.29, 0.717) is 17.5 Å². The Bertz CT molecular complexity index is 1540. The molecule has 188 valence electrons. The lowest BCUT2D eigenvalue weighted by atomic mass is 9.97. The summed E-state index contributed by atoms with van der Waals surface area (Å²) in [5, 5.41) is 0.545. The third kappa shape index (κ3) is 3.53. The summed E-state index contributed by atoms with van der Waals surface area (Å²) in [6.07, 6.45) is -0.415. The molecular formula is C29H34N4O3. The van der Waals surface area contributed by atoms with Gasteiger partial charge in [0.15, 0.2) is 0 Å². The second-order valence-electron chi connectivity index (χ2n) is 10.1. The molecule has 0 spiro atoms. The number of aryl methyl sites for hydroxylation is 1. The van der Waals surface area contributed by atoms with Gasteiger partial charge in [-0.15, -0.1) is 0 Å². The predicted molar refractivity (Wildman–Crippen MR) is 145 cm³/mol. The number of hydrogen-bond donors (Lipinski definition) is 0. The van der Waals surface area contributed by atoms with E-state index < -0.39 is 11.6 Å². The molecule has 0 radical (unpaired) electrons. The van der Waals surface area contributed by atoms with Crippen molar-refractivity contribution in [1.29, 1.82) is 0 Å². The minimum absolute atomic E-state index is 0.291. The van der Waals surface area contributed by atoms with Gasteiger partial charge in [0.2, 0.25) is 0 Å². The summed E-state index contributed by atoms with van der Waals surface area (Å²) in [4.78, 5) is 29.0. The maximum Gasteiger partial charge on any atom is 0.331 e. The van der Waals surface area contributed by atoms with Crippen molar-refractivity contribution in [1.82, 2.24) is 13.7 Å². The second-order valence-corrected chi connectivity index (χ2v) is 10.1. The molecule has 7 nitrogen and oxygen atoms in total. The summed E-state index contributed by atoms with van der Waals surface area (Å²) in [5.41, 5.74) is 4.32. The number of hydrogen-bond acceptors (Lipinski definition) is 4. The monoisotopic (exact) mass is 486 g/mol. The van der Waals surface area contributed by atoms with E-state index in [-0.39, 0.29) is 11.2 Å². The van der Waals surface area contributed by atoms with Gasteiger partial charge in [-0.05, 0) is 51.0 Å². The molecule has 0 saturated heterocycles. The van der Waals surface area contributed by atoms with Crippen LogP contribution in [0, 0.1) is 0 Å². The Balaban J connectivity index is 1.86. The maximum atomic E-state index is 13.6. The Labute approximate surface area is 211 Å². The highest BCUT2D eigenvalue weighted by Gasteiger charge is 2.40. The fraction of sp³-hybridized carbons (Fsp3) is 0.379. The number of anilines is 1. The number of nitrogens with zero attached hydrogens (tertiary/aromatic N) is 4. The smallest absolute Gasteiger partial charge is 0.331 e. The molecule has 3 heterocycles. The highest BCUT2D eigenvalue weighted by molar-refractivity contribution is 5.96. The highest BCUT2D eigenvalue weighted by Crippen LogP contribution is 2.45. The molecule has 1 atom stereocenters.